The Kier molecular flexibility index (Phi) is 5.50. The lowest BCUT2D eigenvalue weighted by molar-refractivity contribution is 0.0718. The summed E-state index contributed by atoms with van der Waals surface area (Å²) < 4.78 is 7.72. The van der Waals surface area contributed by atoms with Crippen LogP contribution in [0.5, 0.6) is 0 Å². The van der Waals surface area contributed by atoms with Gasteiger partial charge in [0.25, 0.3) is 5.91 Å². The van der Waals surface area contributed by atoms with E-state index >= 15 is 0 Å². The highest BCUT2D eigenvalue weighted by Gasteiger charge is 2.23. The SMILES string of the molecule is Cc1cc(C(=O)N(Cc2ccco2)Cc2cccs2)c(C)n1Cc1cccs1. The Labute approximate surface area is 172 Å². The monoisotopic (exact) mass is 410 g/mol. The first-order chi connectivity index (χ1) is 13.6. The first-order valence-corrected chi connectivity index (χ1v) is 10.9. The number of thiophene rings is 2. The van der Waals surface area contributed by atoms with E-state index in [0.717, 1.165) is 34.1 Å². The van der Waals surface area contributed by atoms with Gasteiger partial charge in [0.1, 0.15) is 5.76 Å². The van der Waals surface area contributed by atoms with Crippen LogP contribution in [-0.4, -0.2) is 15.4 Å². The van der Waals surface area contributed by atoms with E-state index in [1.165, 1.54) is 4.88 Å². The second-order valence-electron chi connectivity index (χ2n) is 6.77. The fraction of sp³-hybridized carbons (Fsp3) is 0.227. The molecule has 144 valence electrons. The highest BCUT2D eigenvalue weighted by atomic mass is 32.1. The second-order valence-corrected chi connectivity index (χ2v) is 8.83. The van der Waals surface area contributed by atoms with Crippen molar-refractivity contribution in [2.45, 2.75) is 33.5 Å². The lowest BCUT2D eigenvalue weighted by Crippen LogP contribution is -2.30. The average Bonchev–Trinajstić information content (AvgIpc) is 3.47. The number of aromatic nitrogens is 1. The van der Waals surface area contributed by atoms with Gasteiger partial charge in [0.15, 0.2) is 0 Å². The Morgan fingerprint density at radius 3 is 2.43 bits per heavy atom. The summed E-state index contributed by atoms with van der Waals surface area (Å²) in [4.78, 5) is 17.8. The van der Waals surface area contributed by atoms with Gasteiger partial charge in [-0.15, -0.1) is 22.7 Å². The molecule has 4 aromatic rings. The maximum absolute atomic E-state index is 13.5. The summed E-state index contributed by atoms with van der Waals surface area (Å²) in [6, 6.07) is 14.0. The van der Waals surface area contributed by atoms with E-state index in [1.807, 2.05) is 41.5 Å². The van der Waals surface area contributed by atoms with Crippen molar-refractivity contribution in [2.24, 2.45) is 0 Å². The molecular weight excluding hydrogens is 388 g/mol. The second kappa shape index (κ2) is 8.20. The van der Waals surface area contributed by atoms with Crippen molar-refractivity contribution >= 4 is 28.6 Å². The molecule has 0 unspecified atom stereocenters. The molecule has 0 aliphatic rings. The highest BCUT2D eigenvalue weighted by Crippen LogP contribution is 2.23. The van der Waals surface area contributed by atoms with E-state index in [4.69, 9.17) is 4.42 Å². The molecule has 0 N–H and O–H groups in total. The van der Waals surface area contributed by atoms with E-state index in [2.05, 4.69) is 35.1 Å². The molecule has 0 aliphatic carbocycles. The third-order valence-corrected chi connectivity index (χ3v) is 6.56. The van der Waals surface area contributed by atoms with E-state index in [9.17, 15) is 4.79 Å². The van der Waals surface area contributed by atoms with Gasteiger partial charge in [0, 0.05) is 21.1 Å². The zero-order valence-corrected chi connectivity index (χ0v) is 17.6. The predicted molar refractivity (Wildman–Crippen MR) is 114 cm³/mol. The smallest absolute Gasteiger partial charge is 0.256 e. The van der Waals surface area contributed by atoms with Crippen molar-refractivity contribution in [1.82, 2.24) is 9.47 Å². The minimum atomic E-state index is 0.0373. The molecule has 0 radical (unpaired) electrons. The number of rotatable bonds is 7. The van der Waals surface area contributed by atoms with Crippen molar-refractivity contribution in [1.29, 1.82) is 0 Å². The number of hydrogen-bond acceptors (Lipinski definition) is 4. The molecule has 4 heterocycles. The van der Waals surface area contributed by atoms with Crippen LogP contribution in [0.1, 0.15) is 37.3 Å². The molecular formula is C22H22N2O2S2. The average molecular weight is 411 g/mol. The van der Waals surface area contributed by atoms with Crippen molar-refractivity contribution in [2.75, 3.05) is 0 Å². The van der Waals surface area contributed by atoms with Crippen LogP contribution in [0.2, 0.25) is 0 Å². The number of amides is 1. The van der Waals surface area contributed by atoms with Gasteiger partial charge in [0.05, 0.1) is 31.5 Å². The maximum Gasteiger partial charge on any atom is 0.256 e. The van der Waals surface area contributed by atoms with Crippen LogP contribution in [0.15, 0.2) is 63.9 Å². The lowest BCUT2D eigenvalue weighted by Gasteiger charge is -2.21. The van der Waals surface area contributed by atoms with Crippen LogP contribution < -0.4 is 0 Å². The summed E-state index contributed by atoms with van der Waals surface area (Å²) in [5.74, 6) is 0.827. The summed E-state index contributed by atoms with van der Waals surface area (Å²) in [6.07, 6.45) is 1.65. The standard InChI is InChI=1S/C22H22N2O2S2/c1-16-12-21(17(2)24(16)15-20-8-5-11-28-20)22(25)23(13-18-6-3-9-26-18)14-19-7-4-10-27-19/h3-12H,13-15H2,1-2H3. The number of hydrogen-bond donors (Lipinski definition) is 0. The Morgan fingerprint density at radius 1 is 1.04 bits per heavy atom. The Bertz CT molecular complexity index is 993. The zero-order valence-electron chi connectivity index (χ0n) is 15.9. The third kappa shape index (κ3) is 3.98. The van der Waals surface area contributed by atoms with Crippen molar-refractivity contribution in [3.8, 4) is 0 Å². The summed E-state index contributed by atoms with van der Waals surface area (Å²) in [6.45, 7) is 5.92. The van der Waals surface area contributed by atoms with E-state index in [1.54, 1.807) is 28.9 Å². The first kappa shape index (κ1) is 18.8. The predicted octanol–water partition coefficient (Wildman–Crippen LogP) is 5.71. The molecule has 0 saturated heterocycles. The van der Waals surface area contributed by atoms with Gasteiger partial charge in [-0.2, -0.15) is 0 Å². The first-order valence-electron chi connectivity index (χ1n) is 9.15. The Balaban J connectivity index is 1.62. The molecule has 28 heavy (non-hydrogen) atoms. The van der Waals surface area contributed by atoms with Crippen molar-refractivity contribution < 1.29 is 9.21 Å². The molecule has 0 aromatic carbocycles. The van der Waals surface area contributed by atoms with Crippen molar-refractivity contribution in [3.63, 3.8) is 0 Å². The molecule has 0 atom stereocenters. The Morgan fingerprint density at radius 2 is 1.79 bits per heavy atom. The fourth-order valence-electron chi connectivity index (χ4n) is 3.37. The number of furan rings is 1. The molecule has 0 fully saturated rings. The van der Waals surface area contributed by atoms with Crippen LogP contribution in [-0.2, 0) is 19.6 Å². The van der Waals surface area contributed by atoms with Gasteiger partial charge in [-0.1, -0.05) is 12.1 Å². The van der Waals surface area contributed by atoms with Crippen LogP contribution in [0.4, 0.5) is 0 Å². The largest absolute Gasteiger partial charge is 0.467 e. The summed E-state index contributed by atoms with van der Waals surface area (Å²) in [5.41, 5.74) is 2.87. The molecule has 4 aromatic heterocycles. The molecule has 0 bridgehead atoms. The number of nitrogens with zero attached hydrogens (tertiary/aromatic N) is 2. The van der Waals surface area contributed by atoms with Crippen LogP contribution in [0, 0.1) is 13.8 Å². The van der Waals surface area contributed by atoms with Gasteiger partial charge >= 0.3 is 0 Å². The minimum absolute atomic E-state index is 0.0373. The van der Waals surface area contributed by atoms with E-state index in [0.29, 0.717) is 13.1 Å². The molecule has 4 nitrogen and oxygen atoms in total. The summed E-state index contributed by atoms with van der Waals surface area (Å²) in [7, 11) is 0. The topological polar surface area (TPSA) is 38.4 Å². The lowest BCUT2D eigenvalue weighted by atomic mass is 10.2. The van der Waals surface area contributed by atoms with Gasteiger partial charge in [-0.3, -0.25) is 4.79 Å². The van der Waals surface area contributed by atoms with Gasteiger partial charge in [-0.25, -0.2) is 0 Å². The molecule has 4 rings (SSSR count). The fourth-order valence-corrected chi connectivity index (χ4v) is 4.78. The Hall–Kier alpha value is -2.57. The maximum atomic E-state index is 13.5. The van der Waals surface area contributed by atoms with Gasteiger partial charge in [0.2, 0.25) is 0 Å². The molecule has 0 spiro atoms. The van der Waals surface area contributed by atoms with Crippen LogP contribution in [0.25, 0.3) is 0 Å². The van der Waals surface area contributed by atoms with E-state index in [-0.39, 0.29) is 5.91 Å². The minimum Gasteiger partial charge on any atom is -0.467 e. The van der Waals surface area contributed by atoms with Gasteiger partial charge < -0.3 is 13.9 Å². The third-order valence-electron chi connectivity index (χ3n) is 4.84. The molecule has 0 aliphatic heterocycles. The number of aryl methyl sites for hydroxylation is 1. The molecule has 0 saturated carbocycles. The summed E-state index contributed by atoms with van der Waals surface area (Å²) in [5, 5.41) is 4.12. The van der Waals surface area contributed by atoms with E-state index < -0.39 is 0 Å². The molecule has 6 heteroatoms. The summed E-state index contributed by atoms with van der Waals surface area (Å²) >= 11 is 3.40. The van der Waals surface area contributed by atoms with Crippen molar-refractivity contribution in [3.05, 3.63) is 92.0 Å². The van der Waals surface area contributed by atoms with Crippen LogP contribution in [0.3, 0.4) is 0 Å². The normalized spacial score (nSPS) is 11.1. The highest BCUT2D eigenvalue weighted by molar-refractivity contribution is 7.10. The van der Waals surface area contributed by atoms with Crippen LogP contribution >= 0.6 is 22.7 Å². The molecule has 1 amide bonds. The quantitative estimate of drug-likeness (QED) is 0.391. The number of carbonyl (C=O) groups excluding carboxylic acids is 1. The zero-order chi connectivity index (χ0) is 19.5. The number of carbonyl (C=O) groups is 1. The van der Waals surface area contributed by atoms with Gasteiger partial charge in [-0.05, 0) is 54.9 Å².